The van der Waals surface area contributed by atoms with Crippen LogP contribution >= 0.6 is 11.6 Å². The minimum absolute atomic E-state index is 0.161. The van der Waals surface area contributed by atoms with E-state index in [0.717, 1.165) is 6.54 Å². The molecule has 0 saturated carbocycles. The molecule has 1 fully saturated rings. The first-order chi connectivity index (χ1) is 8.06. The van der Waals surface area contributed by atoms with Gasteiger partial charge in [0, 0.05) is 23.2 Å². The first kappa shape index (κ1) is 12.6. The van der Waals surface area contributed by atoms with Gasteiger partial charge in [-0.2, -0.15) is 0 Å². The summed E-state index contributed by atoms with van der Waals surface area (Å²) in [6, 6.07) is 7.70. The SMILES string of the molecule is CC1CC(C)N(CC(=O)c2cccc(Cl)c2)C1. The van der Waals surface area contributed by atoms with Crippen LogP contribution in [0.2, 0.25) is 5.02 Å². The van der Waals surface area contributed by atoms with Crippen LogP contribution in [0.4, 0.5) is 0 Å². The van der Waals surface area contributed by atoms with E-state index in [1.807, 2.05) is 12.1 Å². The van der Waals surface area contributed by atoms with E-state index in [1.165, 1.54) is 6.42 Å². The van der Waals surface area contributed by atoms with Gasteiger partial charge in [0.05, 0.1) is 6.54 Å². The van der Waals surface area contributed by atoms with Crippen LogP contribution in [-0.4, -0.2) is 29.8 Å². The second-order valence-corrected chi connectivity index (χ2v) is 5.49. The second-order valence-electron chi connectivity index (χ2n) is 5.05. The van der Waals surface area contributed by atoms with E-state index >= 15 is 0 Å². The van der Waals surface area contributed by atoms with Crippen molar-refractivity contribution in [1.82, 2.24) is 4.90 Å². The summed E-state index contributed by atoms with van der Waals surface area (Å²) in [4.78, 5) is 14.4. The fraction of sp³-hybridized carbons (Fsp3) is 0.500. The average molecular weight is 252 g/mol. The lowest BCUT2D eigenvalue weighted by molar-refractivity contribution is 0.0925. The molecular formula is C14H18ClNO. The fourth-order valence-corrected chi connectivity index (χ4v) is 2.73. The molecular weight excluding hydrogens is 234 g/mol. The normalized spacial score (nSPS) is 25.1. The molecule has 92 valence electrons. The summed E-state index contributed by atoms with van der Waals surface area (Å²) < 4.78 is 0. The largest absolute Gasteiger partial charge is 0.293 e. The predicted octanol–water partition coefficient (Wildman–Crippen LogP) is 3.25. The zero-order valence-electron chi connectivity index (χ0n) is 10.3. The molecule has 0 spiro atoms. The Morgan fingerprint density at radius 2 is 2.24 bits per heavy atom. The molecule has 2 nitrogen and oxygen atoms in total. The molecule has 1 saturated heterocycles. The topological polar surface area (TPSA) is 20.3 Å². The van der Waals surface area contributed by atoms with Gasteiger partial charge in [0.25, 0.3) is 0 Å². The molecule has 3 heteroatoms. The number of halogens is 1. The van der Waals surface area contributed by atoms with Gasteiger partial charge >= 0.3 is 0 Å². The lowest BCUT2D eigenvalue weighted by Gasteiger charge is -2.19. The fourth-order valence-electron chi connectivity index (χ4n) is 2.54. The Bertz CT molecular complexity index is 418. The Balaban J connectivity index is 2.02. The summed E-state index contributed by atoms with van der Waals surface area (Å²) in [5.74, 6) is 0.852. The molecule has 1 aliphatic rings. The molecule has 0 aliphatic carbocycles. The van der Waals surface area contributed by atoms with Crippen molar-refractivity contribution in [3.8, 4) is 0 Å². The van der Waals surface area contributed by atoms with Gasteiger partial charge in [-0.1, -0.05) is 30.7 Å². The molecule has 0 amide bonds. The van der Waals surface area contributed by atoms with Crippen molar-refractivity contribution in [2.24, 2.45) is 5.92 Å². The maximum Gasteiger partial charge on any atom is 0.176 e. The molecule has 0 radical (unpaired) electrons. The Hall–Kier alpha value is -0.860. The van der Waals surface area contributed by atoms with Gasteiger partial charge in [-0.25, -0.2) is 0 Å². The molecule has 1 aromatic carbocycles. The molecule has 0 aromatic heterocycles. The number of hydrogen-bond donors (Lipinski definition) is 0. The summed E-state index contributed by atoms with van der Waals surface area (Å²) >= 11 is 5.89. The molecule has 0 N–H and O–H groups in total. The number of Topliss-reactive ketones (excluding diaryl/α,β-unsaturated/α-hetero) is 1. The number of hydrogen-bond acceptors (Lipinski definition) is 2. The van der Waals surface area contributed by atoms with Crippen LogP contribution in [0.15, 0.2) is 24.3 Å². The van der Waals surface area contributed by atoms with Gasteiger partial charge in [-0.05, 0) is 31.4 Å². The third-order valence-electron chi connectivity index (χ3n) is 3.41. The summed E-state index contributed by atoms with van der Waals surface area (Å²) in [5.41, 5.74) is 0.712. The Labute approximate surface area is 108 Å². The third-order valence-corrected chi connectivity index (χ3v) is 3.64. The van der Waals surface area contributed by atoms with E-state index in [4.69, 9.17) is 11.6 Å². The van der Waals surface area contributed by atoms with Crippen molar-refractivity contribution in [2.45, 2.75) is 26.3 Å². The lowest BCUT2D eigenvalue weighted by atomic mass is 10.1. The molecule has 17 heavy (non-hydrogen) atoms. The van der Waals surface area contributed by atoms with E-state index in [1.54, 1.807) is 12.1 Å². The number of ketones is 1. The van der Waals surface area contributed by atoms with Crippen molar-refractivity contribution in [1.29, 1.82) is 0 Å². The molecule has 1 aromatic rings. The quantitative estimate of drug-likeness (QED) is 0.769. The maximum absolute atomic E-state index is 12.1. The first-order valence-electron chi connectivity index (χ1n) is 6.09. The smallest absolute Gasteiger partial charge is 0.176 e. The van der Waals surface area contributed by atoms with Crippen LogP contribution in [0.3, 0.4) is 0 Å². The molecule has 1 heterocycles. The van der Waals surface area contributed by atoms with Crippen LogP contribution in [0, 0.1) is 5.92 Å². The van der Waals surface area contributed by atoms with Gasteiger partial charge in [0.2, 0.25) is 0 Å². The number of likely N-dealkylation sites (tertiary alicyclic amines) is 1. The highest BCUT2D eigenvalue weighted by molar-refractivity contribution is 6.31. The van der Waals surface area contributed by atoms with Crippen LogP contribution in [0.1, 0.15) is 30.6 Å². The minimum atomic E-state index is 0.161. The van der Waals surface area contributed by atoms with Gasteiger partial charge < -0.3 is 0 Å². The highest BCUT2D eigenvalue weighted by Crippen LogP contribution is 2.22. The third kappa shape index (κ3) is 3.08. The number of benzene rings is 1. The second kappa shape index (κ2) is 5.19. The minimum Gasteiger partial charge on any atom is -0.293 e. The Kier molecular flexibility index (Phi) is 3.85. The Morgan fingerprint density at radius 3 is 2.82 bits per heavy atom. The molecule has 2 unspecified atom stereocenters. The monoisotopic (exact) mass is 251 g/mol. The molecule has 2 atom stereocenters. The molecule has 2 rings (SSSR count). The van der Waals surface area contributed by atoms with Crippen molar-refractivity contribution in [3.63, 3.8) is 0 Å². The van der Waals surface area contributed by atoms with Crippen LogP contribution in [0.5, 0.6) is 0 Å². The summed E-state index contributed by atoms with van der Waals surface area (Å²) in [7, 11) is 0. The van der Waals surface area contributed by atoms with Crippen molar-refractivity contribution >= 4 is 17.4 Å². The van der Waals surface area contributed by atoms with Crippen molar-refractivity contribution < 1.29 is 4.79 Å². The van der Waals surface area contributed by atoms with Crippen LogP contribution in [-0.2, 0) is 0 Å². The summed E-state index contributed by atoms with van der Waals surface area (Å²) in [6.07, 6.45) is 1.18. The van der Waals surface area contributed by atoms with Gasteiger partial charge in [-0.15, -0.1) is 0 Å². The van der Waals surface area contributed by atoms with Crippen LogP contribution in [0.25, 0.3) is 0 Å². The Morgan fingerprint density at radius 1 is 1.47 bits per heavy atom. The highest BCUT2D eigenvalue weighted by Gasteiger charge is 2.27. The van der Waals surface area contributed by atoms with E-state index in [2.05, 4.69) is 18.7 Å². The summed E-state index contributed by atoms with van der Waals surface area (Å²) in [6.45, 7) is 5.95. The average Bonchev–Trinajstić information content (AvgIpc) is 2.57. The van der Waals surface area contributed by atoms with Crippen LogP contribution < -0.4 is 0 Å². The molecule has 1 aliphatic heterocycles. The van der Waals surface area contributed by atoms with Gasteiger partial charge in [-0.3, -0.25) is 9.69 Å². The van der Waals surface area contributed by atoms with E-state index in [-0.39, 0.29) is 5.78 Å². The zero-order chi connectivity index (χ0) is 12.4. The number of rotatable bonds is 3. The van der Waals surface area contributed by atoms with E-state index in [0.29, 0.717) is 29.1 Å². The van der Waals surface area contributed by atoms with Gasteiger partial charge in [0.15, 0.2) is 5.78 Å². The zero-order valence-corrected chi connectivity index (χ0v) is 11.1. The lowest BCUT2D eigenvalue weighted by Crippen LogP contribution is -2.32. The number of nitrogens with zero attached hydrogens (tertiary/aromatic N) is 1. The number of carbonyl (C=O) groups excluding carboxylic acids is 1. The van der Waals surface area contributed by atoms with E-state index in [9.17, 15) is 4.79 Å². The first-order valence-corrected chi connectivity index (χ1v) is 6.47. The van der Waals surface area contributed by atoms with Crippen molar-refractivity contribution in [2.75, 3.05) is 13.1 Å². The highest BCUT2D eigenvalue weighted by atomic mass is 35.5. The summed E-state index contributed by atoms with van der Waals surface area (Å²) in [5, 5.41) is 0.624. The molecule has 0 bridgehead atoms. The predicted molar refractivity (Wildman–Crippen MR) is 70.6 cm³/mol. The van der Waals surface area contributed by atoms with E-state index < -0.39 is 0 Å². The number of carbonyl (C=O) groups is 1. The van der Waals surface area contributed by atoms with Crippen molar-refractivity contribution in [3.05, 3.63) is 34.9 Å². The van der Waals surface area contributed by atoms with Gasteiger partial charge in [0.1, 0.15) is 0 Å². The standard InChI is InChI=1S/C14H18ClNO/c1-10-6-11(2)16(8-10)9-14(17)12-4-3-5-13(15)7-12/h3-5,7,10-11H,6,8-9H2,1-2H3. The maximum atomic E-state index is 12.1.